The number of rotatable bonds is 2. The maximum atomic E-state index is 5.93. The SMILES string of the molecule is Cc1nc(Cl)cc(Cl)c1CCCl. The van der Waals surface area contributed by atoms with Gasteiger partial charge in [-0.25, -0.2) is 4.98 Å². The first-order valence-corrected chi connectivity index (χ1v) is 4.81. The van der Waals surface area contributed by atoms with E-state index < -0.39 is 0 Å². The van der Waals surface area contributed by atoms with Gasteiger partial charge in [-0.1, -0.05) is 23.2 Å². The molecule has 0 fully saturated rings. The van der Waals surface area contributed by atoms with Crippen LogP contribution < -0.4 is 0 Å². The molecular weight excluding hydrogens is 216 g/mol. The molecule has 0 atom stereocenters. The predicted octanol–water partition coefficient (Wildman–Crippen LogP) is 3.48. The number of pyridine rings is 1. The number of alkyl halides is 1. The van der Waals surface area contributed by atoms with Gasteiger partial charge in [-0.15, -0.1) is 11.6 Å². The van der Waals surface area contributed by atoms with E-state index in [4.69, 9.17) is 34.8 Å². The van der Waals surface area contributed by atoms with E-state index in [1.165, 1.54) is 0 Å². The molecule has 0 aliphatic rings. The molecule has 1 rings (SSSR count). The minimum absolute atomic E-state index is 0.427. The van der Waals surface area contributed by atoms with E-state index in [0.717, 1.165) is 17.7 Å². The highest BCUT2D eigenvalue weighted by atomic mass is 35.5. The minimum atomic E-state index is 0.427. The van der Waals surface area contributed by atoms with Crippen molar-refractivity contribution in [3.8, 4) is 0 Å². The van der Waals surface area contributed by atoms with Crippen LogP contribution in [0.3, 0.4) is 0 Å². The van der Waals surface area contributed by atoms with Crippen LogP contribution in [0.5, 0.6) is 0 Å². The lowest BCUT2D eigenvalue weighted by molar-refractivity contribution is 1.05. The summed E-state index contributed by atoms with van der Waals surface area (Å²) in [4.78, 5) is 4.08. The van der Waals surface area contributed by atoms with Crippen molar-refractivity contribution >= 4 is 34.8 Å². The van der Waals surface area contributed by atoms with E-state index in [2.05, 4.69) is 4.98 Å². The molecule has 0 saturated carbocycles. The predicted molar refractivity (Wildman–Crippen MR) is 53.4 cm³/mol. The highest BCUT2D eigenvalue weighted by Gasteiger charge is 2.05. The molecule has 0 bridgehead atoms. The smallest absolute Gasteiger partial charge is 0.130 e. The number of halogens is 3. The minimum Gasteiger partial charge on any atom is -0.241 e. The number of aromatic nitrogens is 1. The zero-order chi connectivity index (χ0) is 9.14. The van der Waals surface area contributed by atoms with Crippen LogP contribution in [-0.2, 0) is 6.42 Å². The normalized spacial score (nSPS) is 10.3. The molecule has 1 nitrogen and oxygen atoms in total. The highest BCUT2D eigenvalue weighted by molar-refractivity contribution is 6.34. The molecular formula is C8H8Cl3N. The molecule has 66 valence electrons. The van der Waals surface area contributed by atoms with Crippen LogP contribution in [0, 0.1) is 6.92 Å². The molecule has 0 unspecified atom stereocenters. The van der Waals surface area contributed by atoms with Gasteiger partial charge in [-0.3, -0.25) is 0 Å². The van der Waals surface area contributed by atoms with Gasteiger partial charge in [0.05, 0.1) is 0 Å². The van der Waals surface area contributed by atoms with Crippen molar-refractivity contribution in [1.29, 1.82) is 0 Å². The van der Waals surface area contributed by atoms with Gasteiger partial charge in [0, 0.05) is 16.6 Å². The molecule has 0 spiro atoms. The lowest BCUT2D eigenvalue weighted by atomic mass is 10.1. The second-order valence-electron chi connectivity index (χ2n) is 2.43. The molecule has 0 aliphatic carbocycles. The fourth-order valence-corrected chi connectivity index (χ4v) is 1.83. The second-order valence-corrected chi connectivity index (χ2v) is 3.60. The molecule has 0 aliphatic heterocycles. The summed E-state index contributed by atoms with van der Waals surface area (Å²) in [6, 6.07) is 1.64. The molecule has 0 aromatic carbocycles. The second kappa shape index (κ2) is 4.31. The van der Waals surface area contributed by atoms with Crippen molar-refractivity contribution in [2.45, 2.75) is 13.3 Å². The first-order chi connectivity index (χ1) is 5.65. The fraction of sp³-hybridized carbons (Fsp3) is 0.375. The van der Waals surface area contributed by atoms with Crippen molar-refractivity contribution in [1.82, 2.24) is 4.98 Å². The maximum absolute atomic E-state index is 5.93. The van der Waals surface area contributed by atoms with Gasteiger partial charge in [0.15, 0.2) is 0 Å². The summed E-state index contributed by atoms with van der Waals surface area (Å²) in [6.45, 7) is 1.87. The first kappa shape index (κ1) is 10.1. The lowest BCUT2D eigenvalue weighted by Crippen LogP contribution is -1.95. The van der Waals surface area contributed by atoms with Crippen LogP contribution in [0.1, 0.15) is 11.3 Å². The van der Waals surface area contributed by atoms with E-state index in [9.17, 15) is 0 Å². The van der Waals surface area contributed by atoms with Crippen LogP contribution in [0.25, 0.3) is 0 Å². The van der Waals surface area contributed by atoms with Gasteiger partial charge in [0.2, 0.25) is 0 Å². The van der Waals surface area contributed by atoms with E-state index in [-0.39, 0.29) is 0 Å². The Morgan fingerprint density at radius 3 is 2.58 bits per heavy atom. The van der Waals surface area contributed by atoms with Gasteiger partial charge in [-0.2, -0.15) is 0 Å². The van der Waals surface area contributed by atoms with Gasteiger partial charge >= 0.3 is 0 Å². The van der Waals surface area contributed by atoms with Gasteiger partial charge in [0.25, 0.3) is 0 Å². The number of aryl methyl sites for hydroxylation is 1. The molecule has 0 N–H and O–H groups in total. The van der Waals surface area contributed by atoms with Gasteiger partial charge in [0.1, 0.15) is 5.15 Å². The van der Waals surface area contributed by atoms with Crippen molar-refractivity contribution in [2.75, 3.05) is 5.88 Å². The van der Waals surface area contributed by atoms with Crippen molar-refractivity contribution in [2.24, 2.45) is 0 Å². The Morgan fingerprint density at radius 1 is 1.42 bits per heavy atom. The number of nitrogens with zero attached hydrogens (tertiary/aromatic N) is 1. The summed E-state index contributed by atoms with van der Waals surface area (Å²) >= 11 is 17.2. The van der Waals surface area contributed by atoms with Crippen molar-refractivity contribution in [3.05, 3.63) is 27.5 Å². The third kappa shape index (κ3) is 2.25. The van der Waals surface area contributed by atoms with Gasteiger partial charge in [-0.05, 0) is 25.0 Å². The Kier molecular flexibility index (Phi) is 3.63. The van der Waals surface area contributed by atoms with E-state index in [1.54, 1.807) is 6.07 Å². The lowest BCUT2D eigenvalue weighted by Gasteiger charge is -2.05. The molecule has 1 aromatic heterocycles. The molecule has 1 heterocycles. The van der Waals surface area contributed by atoms with Crippen LogP contribution in [-0.4, -0.2) is 10.9 Å². The quantitative estimate of drug-likeness (QED) is 0.554. The average Bonchev–Trinajstić information content (AvgIpc) is 1.96. The Morgan fingerprint density at radius 2 is 2.08 bits per heavy atom. The first-order valence-electron chi connectivity index (χ1n) is 3.52. The Balaban J connectivity index is 3.10. The van der Waals surface area contributed by atoms with E-state index in [1.807, 2.05) is 6.92 Å². The Hall–Kier alpha value is 0.0200. The van der Waals surface area contributed by atoms with Crippen LogP contribution >= 0.6 is 34.8 Å². The Labute approximate surface area is 86.7 Å². The summed E-state index contributed by atoms with van der Waals surface area (Å²) in [6.07, 6.45) is 0.733. The summed E-state index contributed by atoms with van der Waals surface area (Å²) in [5.41, 5.74) is 1.84. The van der Waals surface area contributed by atoms with Crippen molar-refractivity contribution in [3.63, 3.8) is 0 Å². The zero-order valence-corrected chi connectivity index (χ0v) is 8.84. The monoisotopic (exact) mass is 223 g/mol. The largest absolute Gasteiger partial charge is 0.241 e. The topological polar surface area (TPSA) is 12.9 Å². The molecule has 0 amide bonds. The fourth-order valence-electron chi connectivity index (χ4n) is 1.02. The number of hydrogen-bond donors (Lipinski definition) is 0. The van der Waals surface area contributed by atoms with Crippen LogP contribution in [0.15, 0.2) is 6.07 Å². The van der Waals surface area contributed by atoms with Crippen LogP contribution in [0.4, 0.5) is 0 Å². The highest BCUT2D eigenvalue weighted by Crippen LogP contribution is 2.22. The molecule has 1 aromatic rings. The van der Waals surface area contributed by atoms with Crippen molar-refractivity contribution < 1.29 is 0 Å². The van der Waals surface area contributed by atoms with Gasteiger partial charge < -0.3 is 0 Å². The van der Waals surface area contributed by atoms with E-state index >= 15 is 0 Å². The molecule has 4 heteroatoms. The zero-order valence-electron chi connectivity index (χ0n) is 6.57. The third-order valence-corrected chi connectivity index (χ3v) is 2.31. The van der Waals surface area contributed by atoms with E-state index in [0.29, 0.717) is 16.1 Å². The summed E-state index contributed by atoms with van der Waals surface area (Å²) < 4.78 is 0. The number of hydrogen-bond acceptors (Lipinski definition) is 1. The summed E-state index contributed by atoms with van der Waals surface area (Å²) in [5, 5.41) is 1.07. The standard InChI is InChI=1S/C8H8Cl3N/c1-5-6(2-3-9)7(10)4-8(11)12-5/h4H,2-3H2,1H3. The summed E-state index contributed by atoms with van der Waals surface area (Å²) in [7, 11) is 0. The van der Waals surface area contributed by atoms with Crippen LogP contribution in [0.2, 0.25) is 10.2 Å². The maximum Gasteiger partial charge on any atom is 0.130 e. The molecule has 0 radical (unpaired) electrons. The third-order valence-electron chi connectivity index (χ3n) is 1.59. The average molecular weight is 225 g/mol. The Bertz CT molecular complexity index is 263. The summed E-state index contributed by atoms with van der Waals surface area (Å²) in [5.74, 6) is 0.546. The molecule has 0 saturated heterocycles. The molecule has 12 heavy (non-hydrogen) atoms.